The molecule has 1 saturated heterocycles. The molecule has 0 bridgehead atoms. The summed E-state index contributed by atoms with van der Waals surface area (Å²) in [4.78, 5) is 11.9. The average Bonchev–Trinajstić information content (AvgIpc) is 2.74. The van der Waals surface area contributed by atoms with E-state index < -0.39 is 10.3 Å². The van der Waals surface area contributed by atoms with Crippen LogP contribution < -0.4 is 0 Å². The number of rotatable bonds is 3. The molecule has 1 rings (SSSR count). The van der Waals surface area contributed by atoms with E-state index in [1.165, 1.54) is 13.0 Å². The average molecular weight is 354 g/mol. The first-order chi connectivity index (χ1) is 10.3. The van der Waals surface area contributed by atoms with E-state index in [-0.39, 0.29) is 10.3 Å². The third kappa shape index (κ3) is 11.8. The van der Waals surface area contributed by atoms with Crippen LogP contribution in [0.25, 0.3) is 0 Å². The van der Waals surface area contributed by atoms with E-state index in [0.717, 1.165) is 13.7 Å². The molecule has 142 valence electrons. The Morgan fingerprint density at radius 2 is 1.61 bits per heavy atom. The largest absolute Gasteiger partial charge is 0.462 e. The van der Waals surface area contributed by atoms with Gasteiger partial charge in [0, 0.05) is 24.9 Å². The van der Waals surface area contributed by atoms with Gasteiger partial charge in [0.2, 0.25) is 0 Å². The van der Waals surface area contributed by atoms with Crippen LogP contribution in [0.15, 0.2) is 0 Å². The minimum absolute atomic E-state index is 0.286. The summed E-state index contributed by atoms with van der Waals surface area (Å²) in [5.41, 5.74) is -0.318. The molecule has 1 N–H and O–H groups in total. The molecule has 1 aliphatic heterocycles. The van der Waals surface area contributed by atoms with Gasteiger partial charge in [-0.15, -0.1) is 10.3 Å². The number of nitrogens with zero attached hydrogens (tertiary/aromatic N) is 1. The first kappa shape index (κ1) is 24.9. The van der Waals surface area contributed by atoms with Crippen LogP contribution in [0.5, 0.6) is 0 Å². The van der Waals surface area contributed by atoms with Crippen LogP contribution >= 0.6 is 10.3 Å². The number of carbonyl (C=O) groups excluding carboxylic acids is 1. The Hall–Kier alpha value is -0.300. The number of aliphatic hydroxyl groups is 1. The monoisotopic (exact) mass is 353 g/mol. The molecule has 0 aromatic carbocycles. The molecule has 0 radical (unpaired) electrons. The zero-order valence-electron chi connectivity index (χ0n) is 16.8. The van der Waals surface area contributed by atoms with Gasteiger partial charge in [-0.2, -0.15) is 0 Å². The molecule has 1 heterocycles. The second kappa shape index (κ2) is 10.5. The number of ether oxygens (including phenoxy) is 1. The lowest BCUT2D eigenvalue weighted by atomic mass is 10.2. The molecule has 1 atom stereocenters. The molecule has 0 amide bonds. The lowest BCUT2D eigenvalue weighted by Gasteiger charge is -2.45. The van der Waals surface area contributed by atoms with E-state index in [0.29, 0.717) is 12.6 Å². The second-order valence-electron chi connectivity index (χ2n) is 7.94. The van der Waals surface area contributed by atoms with Crippen molar-refractivity contribution in [1.82, 2.24) is 4.90 Å². The Morgan fingerprint density at radius 1 is 1.13 bits per heavy atom. The van der Waals surface area contributed by atoms with Crippen molar-refractivity contribution in [1.29, 1.82) is 0 Å². The standard InChI is InChI=1S/C11H25NOS.C5H10O2.CH4O/c1-11(2,3)14(5,6)13-10-7-8-12(4)9-10;1-5(2,3)7-4-6;1-2/h10H,7-9H2,1-6H3;4H,1-3H3;2H,1H3. The van der Waals surface area contributed by atoms with Crippen LogP contribution in [0, 0.1) is 0 Å². The van der Waals surface area contributed by atoms with Crippen molar-refractivity contribution in [3.05, 3.63) is 0 Å². The molecule has 5 nitrogen and oxygen atoms in total. The fourth-order valence-electron chi connectivity index (χ4n) is 1.60. The molecule has 6 heteroatoms. The summed E-state index contributed by atoms with van der Waals surface area (Å²) < 4.78 is 11.1. The van der Waals surface area contributed by atoms with Crippen molar-refractivity contribution in [2.75, 3.05) is 39.8 Å². The molecule has 1 aliphatic rings. The number of hydrogen-bond donors (Lipinski definition) is 1. The highest BCUT2D eigenvalue weighted by molar-refractivity contribution is 8.29. The van der Waals surface area contributed by atoms with E-state index in [1.54, 1.807) is 0 Å². The zero-order valence-corrected chi connectivity index (χ0v) is 17.6. The number of likely N-dealkylation sites (N-methyl/N-ethyl adjacent to an activating group) is 1. The highest BCUT2D eigenvalue weighted by atomic mass is 32.3. The van der Waals surface area contributed by atoms with Gasteiger partial charge in [-0.1, -0.05) is 20.8 Å². The van der Waals surface area contributed by atoms with Gasteiger partial charge < -0.3 is 18.9 Å². The molecule has 1 unspecified atom stereocenters. The van der Waals surface area contributed by atoms with Crippen molar-refractivity contribution < 1.29 is 18.8 Å². The van der Waals surface area contributed by atoms with Gasteiger partial charge in [0.1, 0.15) is 5.60 Å². The van der Waals surface area contributed by atoms with Crippen molar-refractivity contribution in [2.45, 2.75) is 64.4 Å². The minimum atomic E-state index is -0.931. The van der Waals surface area contributed by atoms with Gasteiger partial charge in [0.05, 0.1) is 6.10 Å². The minimum Gasteiger partial charge on any atom is -0.462 e. The van der Waals surface area contributed by atoms with Crippen LogP contribution in [0.2, 0.25) is 0 Å². The van der Waals surface area contributed by atoms with Crippen LogP contribution in [-0.4, -0.2) is 72.7 Å². The number of aliphatic hydroxyl groups excluding tert-OH is 1. The number of likely N-dealkylation sites (tertiary alicyclic amines) is 1. The molecule has 0 saturated carbocycles. The van der Waals surface area contributed by atoms with Crippen LogP contribution in [0.4, 0.5) is 0 Å². The number of hydrogen-bond acceptors (Lipinski definition) is 5. The maximum absolute atomic E-state index is 9.60. The number of carbonyl (C=O) groups is 1. The molecule has 1 fully saturated rings. The predicted octanol–water partition coefficient (Wildman–Crippen LogP) is 3.05. The fourth-order valence-corrected chi connectivity index (χ4v) is 2.73. The highest BCUT2D eigenvalue weighted by Gasteiger charge is 2.33. The summed E-state index contributed by atoms with van der Waals surface area (Å²) in [5.74, 6) is 0. The maximum atomic E-state index is 9.60. The van der Waals surface area contributed by atoms with Crippen molar-refractivity contribution >= 4 is 16.8 Å². The first-order valence-corrected chi connectivity index (χ1v) is 10.3. The molecule has 23 heavy (non-hydrogen) atoms. The lowest BCUT2D eigenvalue weighted by molar-refractivity contribution is -0.138. The molecular formula is C17H39NO4S. The zero-order chi connectivity index (χ0) is 18.9. The predicted molar refractivity (Wildman–Crippen MR) is 101 cm³/mol. The lowest BCUT2D eigenvalue weighted by Crippen LogP contribution is -2.30. The summed E-state index contributed by atoms with van der Waals surface area (Å²) in [7, 11) is 2.24. The Bertz CT molecular complexity index is 322. The van der Waals surface area contributed by atoms with Gasteiger partial charge >= 0.3 is 0 Å². The van der Waals surface area contributed by atoms with Crippen molar-refractivity contribution in [3.63, 3.8) is 0 Å². The summed E-state index contributed by atoms with van der Waals surface area (Å²) in [6, 6.07) is 0. The molecule has 0 aromatic rings. The van der Waals surface area contributed by atoms with Gasteiger partial charge in [0.15, 0.2) is 0 Å². The van der Waals surface area contributed by atoms with Crippen LogP contribution in [-0.2, 0) is 13.7 Å². The van der Waals surface area contributed by atoms with E-state index in [9.17, 15) is 4.79 Å². The van der Waals surface area contributed by atoms with E-state index in [4.69, 9.17) is 9.29 Å². The molecule has 0 spiro atoms. The van der Waals surface area contributed by atoms with E-state index >= 15 is 0 Å². The topological polar surface area (TPSA) is 59.0 Å². The second-order valence-corrected chi connectivity index (χ2v) is 11.8. The highest BCUT2D eigenvalue weighted by Crippen LogP contribution is 2.55. The summed E-state index contributed by atoms with van der Waals surface area (Å²) >= 11 is 0. The van der Waals surface area contributed by atoms with Crippen molar-refractivity contribution in [3.8, 4) is 0 Å². The first-order valence-electron chi connectivity index (χ1n) is 7.94. The van der Waals surface area contributed by atoms with Crippen LogP contribution in [0.3, 0.4) is 0 Å². The summed E-state index contributed by atoms with van der Waals surface area (Å²) in [5, 5.41) is 7.00. The van der Waals surface area contributed by atoms with Gasteiger partial charge in [-0.05, 0) is 46.8 Å². The third-order valence-electron chi connectivity index (χ3n) is 3.60. The Balaban J connectivity index is 0. The maximum Gasteiger partial charge on any atom is 0.293 e. The van der Waals surface area contributed by atoms with E-state index in [2.05, 4.69) is 50.0 Å². The summed E-state index contributed by atoms with van der Waals surface area (Å²) in [6.07, 6.45) is 6.23. The van der Waals surface area contributed by atoms with Crippen molar-refractivity contribution in [2.24, 2.45) is 0 Å². The Kier molecular flexibility index (Phi) is 11.4. The van der Waals surface area contributed by atoms with Gasteiger partial charge in [-0.25, -0.2) is 0 Å². The van der Waals surface area contributed by atoms with Crippen LogP contribution in [0.1, 0.15) is 48.0 Å². The van der Waals surface area contributed by atoms with E-state index in [1.807, 2.05) is 20.8 Å². The normalized spacial score (nSPS) is 19.9. The third-order valence-corrected chi connectivity index (χ3v) is 7.30. The summed E-state index contributed by atoms with van der Waals surface area (Å²) in [6.45, 7) is 15.0. The van der Waals surface area contributed by atoms with Gasteiger partial charge in [0.25, 0.3) is 6.47 Å². The molecular weight excluding hydrogens is 314 g/mol. The quantitative estimate of drug-likeness (QED) is 0.790. The SMILES string of the molecule is CC(C)(C)OC=O.CN1CCC(OS(C)(C)C(C)(C)C)C1.CO. The molecule has 0 aromatic heterocycles. The Morgan fingerprint density at radius 3 is 1.83 bits per heavy atom. The Labute approximate surface area is 145 Å². The molecule has 0 aliphatic carbocycles. The van der Waals surface area contributed by atoms with Gasteiger partial charge in [-0.3, -0.25) is 4.79 Å². The fraction of sp³-hybridized carbons (Fsp3) is 0.941. The smallest absolute Gasteiger partial charge is 0.293 e.